The third-order valence-electron chi connectivity index (χ3n) is 2.41. The van der Waals surface area contributed by atoms with Gasteiger partial charge in [0.05, 0.1) is 0 Å². The molecule has 1 rings (SSSR count). The number of hydrogen-bond acceptors (Lipinski definition) is 2. The molecular formula is C13H23NS. The fourth-order valence-electron chi connectivity index (χ4n) is 1.39. The monoisotopic (exact) mass is 225 g/mol. The number of unbranched alkanes of at least 4 members (excludes halogenated alkanes) is 1. The highest BCUT2D eigenvalue weighted by Gasteiger charge is 2.15. The van der Waals surface area contributed by atoms with Crippen LogP contribution in [-0.2, 0) is 12.0 Å². The van der Waals surface area contributed by atoms with E-state index in [-0.39, 0.29) is 0 Å². The summed E-state index contributed by atoms with van der Waals surface area (Å²) in [6.45, 7) is 11.2. The molecule has 1 heterocycles. The maximum absolute atomic E-state index is 3.48. The first-order valence-electron chi connectivity index (χ1n) is 5.84. The molecule has 0 aliphatic rings. The van der Waals surface area contributed by atoms with Gasteiger partial charge in [0, 0.05) is 16.3 Å². The molecule has 1 aromatic heterocycles. The van der Waals surface area contributed by atoms with E-state index in [2.05, 4.69) is 45.1 Å². The first-order valence-corrected chi connectivity index (χ1v) is 6.65. The Morgan fingerprint density at radius 3 is 2.53 bits per heavy atom. The van der Waals surface area contributed by atoms with Crippen molar-refractivity contribution in [3.63, 3.8) is 0 Å². The highest BCUT2D eigenvalue weighted by Crippen LogP contribution is 2.29. The van der Waals surface area contributed by atoms with Gasteiger partial charge in [0.1, 0.15) is 0 Å². The van der Waals surface area contributed by atoms with Crippen LogP contribution in [0.1, 0.15) is 50.3 Å². The number of thiophene rings is 1. The maximum Gasteiger partial charge on any atom is 0.0299 e. The lowest BCUT2D eigenvalue weighted by Gasteiger charge is -2.15. The third kappa shape index (κ3) is 4.35. The lowest BCUT2D eigenvalue weighted by atomic mass is 9.95. The fourth-order valence-corrected chi connectivity index (χ4v) is 2.42. The molecule has 0 unspecified atom stereocenters. The van der Waals surface area contributed by atoms with Crippen LogP contribution in [0.2, 0.25) is 0 Å². The molecule has 86 valence electrons. The first-order chi connectivity index (χ1) is 7.04. The highest BCUT2D eigenvalue weighted by atomic mass is 32.1. The Bertz CT molecular complexity index is 283. The molecule has 0 radical (unpaired) electrons. The van der Waals surface area contributed by atoms with Crippen molar-refractivity contribution in [2.24, 2.45) is 0 Å². The Kier molecular flexibility index (Phi) is 4.81. The molecule has 0 amide bonds. The minimum absolute atomic E-state index is 0.298. The number of nitrogens with one attached hydrogen (secondary N) is 1. The molecule has 1 aromatic rings. The van der Waals surface area contributed by atoms with E-state index in [4.69, 9.17) is 0 Å². The van der Waals surface area contributed by atoms with Gasteiger partial charge in [0.25, 0.3) is 0 Å². The second-order valence-corrected chi connectivity index (χ2v) is 6.21. The van der Waals surface area contributed by atoms with E-state index >= 15 is 0 Å². The lowest BCUT2D eigenvalue weighted by Crippen LogP contribution is -2.13. The van der Waals surface area contributed by atoms with Crippen LogP contribution in [0.5, 0.6) is 0 Å². The Labute approximate surface area is 97.9 Å². The van der Waals surface area contributed by atoms with Crippen LogP contribution in [0.25, 0.3) is 0 Å². The first kappa shape index (κ1) is 12.7. The van der Waals surface area contributed by atoms with Crippen molar-refractivity contribution in [3.05, 3.63) is 21.9 Å². The van der Waals surface area contributed by atoms with Crippen molar-refractivity contribution in [2.45, 2.75) is 52.5 Å². The van der Waals surface area contributed by atoms with Crippen LogP contribution in [0.3, 0.4) is 0 Å². The van der Waals surface area contributed by atoms with Gasteiger partial charge in [-0.1, -0.05) is 34.1 Å². The van der Waals surface area contributed by atoms with Crippen LogP contribution in [-0.4, -0.2) is 6.54 Å². The van der Waals surface area contributed by atoms with Crippen LogP contribution < -0.4 is 5.32 Å². The quantitative estimate of drug-likeness (QED) is 0.749. The molecule has 0 aliphatic heterocycles. The van der Waals surface area contributed by atoms with Gasteiger partial charge in [0.2, 0.25) is 0 Å². The van der Waals surface area contributed by atoms with Crippen molar-refractivity contribution in [1.29, 1.82) is 0 Å². The minimum atomic E-state index is 0.298. The molecule has 1 N–H and O–H groups in total. The summed E-state index contributed by atoms with van der Waals surface area (Å²) < 4.78 is 0. The zero-order valence-corrected chi connectivity index (χ0v) is 11.2. The molecule has 0 atom stereocenters. The summed E-state index contributed by atoms with van der Waals surface area (Å²) in [5.74, 6) is 0. The van der Waals surface area contributed by atoms with Gasteiger partial charge in [-0.05, 0) is 30.5 Å². The predicted octanol–water partition coefficient (Wildman–Crippen LogP) is 3.94. The summed E-state index contributed by atoms with van der Waals surface area (Å²) in [6.07, 6.45) is 2.54. The van der Waals surface area contributed by atoms with Gasteiger partial charge in [-0.15, -0.1) is 11.3 Å². The third-order valence-corrected chi connectivity index (χ3v) is 3.92. The smallest absolute Gasteiger partial charge is 0.0299 e. The van der Waals surface area contributed by atoms with Gasteiger partial charge in [-0.25, -0.2) is 0 Å². The number of hydrogen-bond donors (Lipinski definition) is 1. The fraction of sp³-hybridized carbons (Fsp3) is 0.692. The van der Waals surface area contributed by atoms with Crippen LogP contribution >= 0.6 is 11.3 Å². The van der Waals surface area contributed by atoms with Crippen molar-refractivity contribution >= 4 is 11.3 Å². The molecule has 0 spiro atoms. The molecular weight excluding hydrogens is 202 g/mol. The second-order valence-electron chi connectivity index (χ2n) is 5.05. The standard InChI is InChI=1S/C13H23NS/c1-5-6-9-14-10-11-7-8-12(15-11)13(2,3)4/h7-8,14H,5-6,9-10H2,1-4H3. The van der Waals surface area contributed by atoms with Crippen molar-refractivity contribution in [1.82, 2.24) is 5.32 Å². The molecule has 1 nitrogen and oxygen atoms in total. The predicted molar refractivity (Wildman–Crippen MR) is 69.6 cm³/mol. The van der Waals surface area contributed by atoms with Crippen LogP contribution in [0, 0.1) is 0 Å². The van der Waals surface area contributed by atoms with Crippen LogP contribution in [0.15, 0.2) is 12.1 Å². The van der Waals surface area contributed by atoms with Crippen LogP contribution in [0.4, 0.5) is 0 Å². The molecule has 0 saturated carbocycles. The molecule has 15 heavy (non-hydrogen) atoms. The van der Waals surface area contributed by atoms with Crippen molar-refractivity contribution in [3.8, 4) is 0 Å². The minimum Gasteiger partial charge on any atom is -0.312 e. The summed E-state index contributed by atoms with van der Waals surface area (Å²) >= 11 is 1.94. The Morgan fingerprint density at radius 2 is 2.00 bits per heavy atom. The van der Waals surface area contributed by atoms with E-state index in [1.807, 2.05) is 11.3 Å². The van der Waals surface area contributed by atoms with Gasteiger partial charge in [-0.2, -0.15) is 0 Å². The maximum atomic E-state index is 3.48. The Balaban J connectivity index is 2.40. The summed E-state index contributed by atoms with van der Waals surface area (Å²) in [6, 6.07) is 4.52. The average Bonchev–Trinajstić information content (AvgIpc) is 2.60. The largest absolute Gasteiger partial charge is 0.312 e. The normalized spacial score (nSPS) is 12.0. The van der Waals surface area contributed by atoms with Gasteiger partial charge in [-0.3, -0.25) is 0 Å². The molecule has 0 fully saturated rings. The number of rotatable bonds is 5. The van der Waals surface area contributed by atoms with E-state index in [0.29, 0.717) is 5.41 Å². The molecule has 0 aromatic carbocycles. The average molecular weight is 225 g/mol. The molecule has 0 aliphatic carbocycles. The zero-order valence-electron chi connectivity index (χ0n) is 10.4. The Morgan fingerprint density at radius 1 is 1.27 bits per heavy atom. The van der Waals surface area contributed by atoms with E-state index in [9.17, 15) is 0 Å². The second kappa shape index (κ2) is 5.66. The summed E-state index contributed by atoms with van der Waals surface area (Å²) in [4.78, 5) is 2.94. The van der Waals surface area contributed by atoms with Crippen molar-refractivity contribution in [2.75, 3.05) is 6.54 Å². The van der Waals surface area contributed by atoms with Gasteiger partial charge in [0.15, 0.2) is 0 Å². The topological polar surface area (TPSA) is 12.0 Å². The summed E-state index contributed by atoms with van der Waals surface area (Å²) in [5, 5.41) is 3.48. The van der Waals surface area contributed by atoms with Gasteiger partial charge >= 0.3 is 0 Å². The van der Waals surface area contributed by atoms with E-state index in [0.717, 1.165) is 13.1 Å². The van der Waals surface area contributed by atoms with E-state index in [1.165, 1.54) is 22.6 Å². The molecule has 0 bridgehead atoms. The molecule has 0 saturated heterocycles. The Hall–Kier alpha value is -0.340. The van der Waals surface area contributed by atoms with E-state index < -0.39 is 0 Å². The zero-order chi connectivity index (χ0) is 11.3. The summed E-state index contributed by atoms with van der Waals surface area (Å²) in [7, 11) is 0. The SMILES string of the molecule is CCCCNCc1ccc(C(C)(C)C)s1. The summed E-state index contributed by atoms with van der Waals surface area (Å²) in [5.41, 5.74) is 0.298. The van der Waals surface area contributed by atoms with Crippen molar-refractivity contribution < 1.29 is 0 Å². The lowest BCUT2D eigenvalue weighted by molar-refractivity contribution is 0.604. The highest BCUT2D eigenvalue weighted by molar-refractivity contribution is 7.12. The van der Waals surface area contributed by atoms with Gasteiger partial charge < -0.3 is 5.32 Å². The molecule has 2 heteroatoms. The van der Waals surface area contributed by atoms with E-state index in [1.54, 1.807) is 0 Å².